The van der Waals surface area contributed by atoms with Crippen molar-refractivity contribution in [2.45, 2.75) is 26.7 Å². The lowest BCUT2D eigenvalue weighted by atomic mass is 10.0. The number of anilines is 1. The maximum absolute atomic E-state index is 12.3. The van der Waals surface area contributed by atoms with E-state index >= 15 is 0 Å². The van der Waals surface area contributed by atoms with Crippen molar-refractivity contribution >= 4 is 38.3 Å². The number of hydrogen-bond acceptors (Lipinski definition) is 5. The number of aryl methyl sites for hydroxylation is 1. The second kappa shape index (κ2) is 9.41. The van der Waals surface area contributed by atoms with Gasteiger partial charge in [0.15, 0.2) is 11.7 Å². The number of halogens is 1. The smallest absolute Gasteiger partial charge is 0.264 e. The number of thiazole rings is 1. The van der Waals surface area contributed by atoms with Gasteiger partial charge in [-0.1, -0.05) is 26.0 Å². The number of hydrogen-bond donors (Lipinski definition) is 1. The van der Waals surface area contributed by atoms with Gasteiger partial charge in [-0.15, -0.1) is 11.3 Å². The number of rotatable bonds is 7. The van der Waals surface area contributed by atoms with Crippen molar-refractivity contribution in [3.05, 3.63) is 57.4 Å². The van der Waals surface area contributed by atoms with Crippen LogP contribution in [0.5, 0.6) is 11.5 Å². The summed E-state index contributed by atoms with van der Waals surface area (Å²) in [5, 5.41) is 5.25. The van der Waals surface area contributed by atoms with Gasteiger partial charge in [0.05, 0.1) is 17.3 Å². The topological polar surface area (TPSA) is 60.5 Å². The van der Waals surface area contributed by atoms with E-state index in [4.69, 9.17) is 9.47 Å². The van der Waals surface area contributed by atoms with E-state index in [0.717, 1.165) is 38.4 Å². The molecule has 0 fully saturated rings. The molecule has 0 bridgehead atoms. The van der Waals surface area contributed by atoms with Crippen molar-refractivity contribution in [1.82, 2.24) is 4.98 Å². The first-order valence-electron chi connectivity index (χ1n) is 9.20. The first kappa shape index (κ1) is 21.3. The molecular weight excluding hydrogens is 452 g/mol. The van der Waals surface area contributed by atoms with Crippen molar-refractivity contribution < 1.29 is 14.3 Å². The SMILES string of the molecule is COc1ccc(-c2csc(NC(=O)COc3cc(C)ccc3C(C)C)n2)cc1Br. The number of nitrogens with zero attached hydrogens (tertiary/aromatic N) is 1. The number of amides is 1. The van der Waals surface area contributed by atoms with Crippen molar-refractivity contribution in [1.29, 1.82) is 0 Å². The molecule has 0 saturated carbocycles. The zero-order valence-electron chi connectivity index (χ0n) is 16.8. The molecule has 0 radical (unpaired) electrons. The van der Waals surface area contributed by atoms with E-state index in [9.17, 15) is 4.79 Å². The Bertz CT molecular complexity index is 1020. The molecule has 2 aromatic carbocycles. The quantitative estimate of drug-likeness (QED) is 0.453. The molecule has 0 spiro atoms. The van der Waals surface area contributed by atoms with E-state index in [1.807, 2.05) is 42.6 Å². The minimum absolute atomic E-state index is 0.0633. The molecule has 7 heteroatoms. The normalized spacial score (nSPS) is 10.8. The van der Waals surface area contributed by atoms with Crippen LogP contribution in [0.1, 0.15) is 30.9 Å². The molecular formula is C22H23BrN2O3S. The standard InChI is InChI=1S/C22H23BrN2O3S/c1-13(2)16-7-5-14(3)9-20(16)28-11-21(26)25-22-24-18(12-29-22)15-6-8-19(27-4)17(23)10-15/h5-10,12-13H,11H2,1-4H3,(H,24,25,26). The first-order chi connectivity index (χ1) is 13.9. The fourth-order valence-corrected chi connectivity index (χ4v) is 4.11. The van der Waals surface area contributed by atoms with Crippen LogP contribution in [0.15, 0.2) is 46.3 Å². The van der Waals surface area contributed by atoms with Crippen LogP contribution in [0.25, 0.3) is 11.3 Å². The van der Waals surface area contributed by atoms with Gasteiger partial charge in [-0.3, -0.25) is 10.1 Å². The minimum Gasteiger partial charge on any atom is -0.496 e. The van der Waals surface area contributed by atoms with E-state index in [0.29, 0.717) is 11.0 Å². The van der Waals surface area contributed by atoms with Gasteiger partial charge in [0, 0.05) is 10.9 Å². The number of ether oxygens (including phenoxy) is 2. The second-order valence-electron chi connectivity index (χ2n) is 6.92. The maximum atomic E-state index is 12.3. The van der Waals surface area contributed by atoms with Gasteiger partial charge in [-0.2, -0.15) is 0 Å². The number of aromatic nitrogens is 1. The lowest BCUT2D eigenvalue weighted by Crippen LogP contribution is -2.20. The van der Waals surface area contributed by atoms with E-state index in [2.05, 4.69) is 46.1 Å². The second-order valence-corrected chi connectivity index (χ2v) is 8.63. The van der Waals surface area contributed by atoms with E-state index in [1.165, 1.54) is 11.3 Å². The van der Waals surface area contributed by atoms with Crippen molar-refractivity contribution in [3.63, 3.8) is 0 Å². The van der Waals surface area contributed by atoms with Crippen molar-refractivity contribution in [2.75, 3.05) is 19.0 Å². The number of benzene rings is 2. The Kier molecular flexibility index (Phi) is 6.92. The summed E-state index contributed by atoms with van der Waals surface area (Å²) in [6, 6.07) is 11.8. The van der Waals surface area contributed by atoms with Crippen LogP contribution in [0.4, 0.5) is 5.13 Å². The average Bonchev–Trinajstić information content (AvgIpc) is 3.14. The molecule has 1 aromatic heterocycles. The third-order valence-corrected chi connectivity index (χ3v) is 5.73. The van der Waals surface area contributed by atoms with Gasteiger partial charge in [-0.05, 0) is 64.2 Å². The highest BCUT2D eigenvalue weighted by Crippen LogP contribution is 2.32. The summed E-state index contributed by atoms with van der Waals surface area (Å²) < 4.78 is 11.9. The van der Waals surface area contributed by atoms with E-state index < -0.39 is 0 Å². The number of carbonyl (C=O) groups excluding carboxylic acids is 1. The summed E-state index contributed by atoms with van der Waals surface area (Å²) in [5.74, 6) is 1.58. The Morgan fingerprint density at radius 1 is 1.21 bits per heavy atom. The summed E-state index contributed by atoms with van der Waals surface area (Å²) in [6.45, 7) is 6.15. The molecule has 152 valence electrons. The molecule has 0 saturated heterocycles. The van der Waals surface area contributed by atoms with Gasteiger partial charge >= 0.3 is 0 Å². The highest BCUT2D eigenvalue weighted by molar-refractivity contribution is 9.10. The van der Waals surface area contributed by atoms with Crippen molar-refractivity contribution in [2.24, 2.45) is 0 Å². The van der Waals surface area contributed by atoms with Crippen LogP contribution < -0.4 is 14.8 Å². The summed E-state index contributed by atoms with van der Waals surface area (Å²) in [7, 11) is 1.62. The lowest BCUT2D eigenvalue weighted by Gasteiger charge is -2.14. The summed E-state index contributed by atoms with van der Waals surface area (Å²) in [4.78, 5) is 16.8. The fourth-order valence-electron chi connectivity index (χ4n) is 2.83. The first-order valence-corrected chi connectivity index (χ1v) is 10.9. The maximum Gasteiger partial charge on any atom is 0.264 e. The monoisotopic (exact) mass is 474 g/mol. The molecule has 29 heavy (non-hydrogen) atoms. The fraction of sp³-hybridized carbons (Fsp3) is 0.273. The Morgan fingerprint density at radius 3 is 2.69 bits per heavy atom. The largest absolute Gasteiger partial charge is 0.496 e. The van der Waals surface area contributed by atoms with Gasteiger partial charge in [0.1, 0.15) is 11.5 Å². The minimum atomic E-state index is -0.238. The van der Waals surface area contributed by atoms with Gasteiger partial charge in [-0.25, -0.2) is 4.98 Å². The molecule has 0 aliphatic carbocycles. The zero-order chi connectivity index (χ0) is 21.0. The Balaban J connectivity index is 1.64. The number of methoxy groups -OCH3 is 1. The zero-order valence-corrected chi connectivity index (χ0v) is 19.2. The van der Waals surface area contributed by atoms with Gasteiger partial charge < -0.3 is 9.47 Å². The Labute approximate surface area is 183 Å². The third-order valence-electron chi connectivity index (χ3n) is 4.35. The summed E-state index contributed by atoms with van der Waals surface area (Å²) >= 11 is 4.86. The van der Waals surface area contributed by atoms with Crippen LogP contribution >= 0.6 is 27.3 Å². The average molecular weight is 475 g/mol. The molecule has 0 aliphatic rings. The predicted octanol–water partition coefficient (Wildman–Crippen LogP) is 6.03. The molecule has 0 aliphatic heterocycles. The summed E-state index contributed by atoms with van der Waals surface area (Å²) in [5.41, 5.74) is 3.91. The Hall–Kier alpha value is -2.38. The highest BCUT2D eigenvalue weighted by Gasteiger charge is 2.13. The molecule has 1 amide bonds. The molecule has 1 N–H and O–H groups in total. The lowest BCUT2D eigenvalue weighted by molar-refractivity contribution is -0.118. The van der Waals surface area contributed by atoms with Crippen LogP contribution in [-0.4, -0.2) is 24.6 Å². The van der Waals surface area contributed by atoms with E-state index in [1.54, 1.807) is 7.11 Å². The number of nitrogens with one attached hydrogen (secondary N) is 1. The van der Waals surface area contributed by atoms with Crippen LogP contribution in [-0.2, 0) is 4.79 Å². The molecule has 0 atom stereocenters. The molecule has 3 rings (SSSR count). The number of carbonyl (C=O) groups is 1. The van der Waals surface area contributed by atoms with E-state index in [-0.39, 0.29) is 12.5 Å². The Morgan fingerprint density at radius 2 is 2.00 bits per heavy atom. The van der Waals surface area contributed by atoms with Crippen LogP contribution in [0.2, 0.25) is 0 Å². The van der Waals surface area contributed by atoms with Crippen LogP contribution in [0.3, 0.4) is 0 Å². The van der Waals surface area contributed by atoms with Gasteiger partial charge in [0.25, 0.3) is 5.91 Å². The molecule has 0 unspecified atom stereocenters. The predicted molar refractivity (Wildman–Crippen MR) is 121 cm³/mol. The molecule has 5 nitrogen and oxygen atoms in total. The van der Waals surface area contributed by atoms with Crippen molar-refractivity contribution in [3.8, 4) is 22.8 Å². The van der Waals surface area contributed by atoms with Gasteiger partial charge in [0.2, 0.25) is 0 Å². The third kappa shape index (κ3) is 5.36. The summed E-state index contributed by atoms with van der Waals surface area (Å²) in [6.07, 6.45) is 0. The highest BCUT2D eigenvalue weighted by atomic mass is 79.9. The molecule has 1 heterocycles. The van der Waals surface area contributed by atoms with Crippen LogP contribution in [0, 0.1) is 6.92 Å². The molecule has 3 aromatic rings.